The first kappa shape index (κ1) is 16.8. The van der Waals surface area contributed by atoms with Crippen LogP contribution in [-0.4, -0.2) is 42.9 Å². The van der Waals surface area contributed by atoms with E-state index >= 15 is 0 Å². The third kappa shape index (κ3) is 5.36. The first-order valence-corrected chi connectivity index (χ1v) is 7.08. The predicted octanol–water partition coefficient (Wildman–Crippen LogP) is 1.58. The molecular formula is C14H26N2O4. The lowest BCUT2D eigenvalue weighted by molar-refractivity contribution is -0.143. The summed E-state index contributed by atoms with van der Waals surface area (Å²) in [4.78, 5) is 23.0. The van der Waals surface area contributed by atoms with Crippen LogP contribution in [0, 0.1) is 0 Å². The van der Waals surface area contributed by atoms with E-state index in [1.165, 1.54) is 7.11 Å². The molecule has 0 aromatic carbocycles. The molecule has 1 aliphatic carbocycles. The average molecular weight is 286 g/mol. The van der Waals surface area contributed by atoms with Crippen molar-refractivity contribution >= 4 is 12.1 Å². The van der Waals surface area contributed by atoms with E-state index in [1.807, 2.05) is 27.7 Å². The highest BCUT2D eigenvalue weighted by molar-refractivity contribution is 5.75. The minimum atomic E-state index is -0.482. The van der Waals surface area contributed by atoms with Gasteiger partial charge in [0.25, 0.3) is 0 Å². The number of amides is 1. The Morgan fingerprint density at radius 1 is 1.25 bits per heavy atom. The van der Waals surface area contributed by atoms with Gasteiger partial charge in [0, 0.05) is 12.1 Å². The van der Waals surface area contributed by atoms with Crippen molar-refractivity contribution in [1.29, 1.82) is 0 Å². The van der Waals surface area contributed by atoms with Crippen LogP contribution < -0.4 is 10.6 Å². The normalized spacial score (nSPS) is 23.4. The van der Waals surface area contributed by atoms with Crippen LogP contribution in [0.1, 0.15) is 47.0 Å². The maximum absolute atomic E-state index is 11.6. The summed E-state index contributed by atoms with van der Waals surface area (Å²) >= 11 is 0. The molecule has 0 aliphatic heterocycles. The fourth-order valence-corrected chi connectivity index (χ4v) is 2.13. The number of alkyl carbamates (subject to hydrolysis) is 1. The third-order valence-corrected chi connectivity index (χ3v) is 3.19. The number of carbonyl (C=O) groups is 2. The highest BCUT2D eigenvalue weighted by Gasteiger charge is 2.34. The molecule has 2 N–H and O–H groups in total. The van der Waals surface area contributed by atoms with Crippen molar-refractivity contribution in [2.24, 2.45) is 0 Å². The van der Waals surface area contributed by atoms with Crippen LogP contribution in [0.5, 0.6) is 0 Å². The Bertz CT molecular complexity index is 346. The second-order valence-electron chi connectivity index (χ2n) is 6.16. The van der Waals surface area contributed by atoms with E-state index in [2.05, 4.69) is 10.6 Å². The molecule has 6 heteroatoms. The Morgan fingerprint density at radius 3 is 2.30 bits per heavy atom. The van der Waals surface area contributed by atoms with Gasteiger partial charge >= 0.3 is 12.1 Å². The van der Waals surface area contributed by atoms with E-state index in [-0.39, 0.29) is 30.2 Å². The number of ether oxygens (including phenoxy) is 2. The third-order valence-electron chi connectivity index (χ3n) is 3.19. The molecule has 20 heavy (non-hydrogen) atoms. The molecule has 0 bridgehead atoms. The highest BCUT2D eigenvalue weighted by Crippen LogP contribution is 2.21. The quantitative estimate of drug-likeness (QED) is 0.750. The Labute approximate surface area is 120 Å². The molecule has 0 aromatic rings. The fraction of sp³-hybridized carbons (Fsp3) is 0.857. The minimum absolute atomic E-state index is 0.109. The van der Waals surface area contributed by atoms with E-state index in [0.717, 1.165) is 12.8 Å². The number of carbonyl (C=O) groups excluding carboxylic acids is 2. The Balaban J connectivity index is 2.26. The molecule has 0 aromatic heterocycles. The van der Waals surface area contributed by atoms with Crippen LogP contribution in [0.3, 0.4) is 0 Å². The van der Waals surface area contributed by atoms with Crippen LogP contribution in [0.25, 0.3) is 0 Å². The second-order valence-corrected chi connectivity index (χ2v) is 6.16. The van der Waals surface area contributed by atoms with Gasteiger partial charge in [0.05, 0.1) is 7.11 Å². The smallest absolute Gasteiger partial charge is 0.407 e. The van der Waals surface area contributed by atoms with E-state index in [9.17, 15) is 9.59 Å². The van der Waals surface area contributed by atoms with Crippen molar-refractivity contribution < 1.29 is 19.1 Å². The summed E-state index contributed by atoms with van der Waals surface area (Å²) in [6.45, 7) is 7.43. The molecule has 1 atom stereocenters. The summed E-state index contributed by atoms with van der Waals surface area (Å²) in [6, 6.07) is 0.0731. The molecular weight excluding hydrogens is 260 g/mol. The van der Waals surface area contributed by atoms with E-state index < -0.39 is 5.60 Å². The lowest BCUT2D eigenvalue weighted by Gasteiger charge is -2.38. The van der Waals surface area contributed by atoms with Crippen LogP contribution in [0.4, 0.5) is 4.79 Å². The average Bonchev–Trinajstić information content (AvgIpc) is 2.28. The lowest BCUT2D eigenvalue weighted by atomic mass is 9.86. The highest BCUT2D eigenvalue weighted by atomic mass is 16.6. The zero-order valence-electron chi connectivity index (χ0n) is 13.0. The van der Waals surface area contributed by atoms with Crippen molar-refractivity contribution in [2.45, 2.75) is 70.7 Å². The van der Waals surface area contributed by atoms with Crippen LogP contribution >= 0.6 is 0 Å². The van der Waals surface area contributed by atoms with Gasteiger partial charge in [-0.05, 0) is 40.0 Å². The van der Waals surface area contributed by atoms with Gasteiger partial charge in [-0.15, -0.1) is 0 Å². The van der Waals surface area contributed by atoms with E-state index in [0.29, 0.717) is 6.42 Å². The molecule has 1 unspecified atom stereocenters. The number of hydrogen-bond donors (Lipinski definition) is 2. The summed E-state index contributed by atoms with van der Waals surface area (Å²) in [5.41, 5.74) is -0.482. The standard InChI is InChI=1S/C14H26N2O4/c1-6-11(12(17)19-5)15-9-7-10(8-9)16-13(18)20-14(2,3)4/h9-11,15H,6-8H2,1-5H3,(H,16,18). The maximum Gasteiger partial charge on any atom is 0.407 e. The monoisotopic (exact) mass is 286 g/mol. The van der Waals surface area contributed by atoms with Gasteiger partial charge in [-0.1, -0.05) is 6.92 Å². The molecule has 1 saturated carbocycles. The number of esters is 1. The zero-order valence-corrected chi connectivity index (χ0v) is 13.0. The van der Waals surface area contributed by atoms with Crippen molar-refractivity contribution in [1.82, 2.24) is 10.6 Å². The largest absolute Gasteiger partial charge is 0.468 e. The van der Waals surface area contributed by atoms with Crippen LogP contribution in [0.2, 0.25) is 0 Å². The van der Waals surface area contributed by atoms with Gasteiger partial charge < -0.3 is 20.1 Å². The van der Waals surface area contributed by atoms with Gasteiger partial charge in [-0.2, -0.15) is 0 Å². The van der Waals surface area contributed by atoms with Gasteiger partial charge in [-0.3, -0.25) is 4.79 Å². The molecule has 1 aliphatic rings. The van der Waals surface area contributed by atoms with Gasteiger partial charge in [0.1, 0.15) is 11.6 Å². The molecule has 0 radical (unpaired) electrons. The molecule has 1 amide bonds. The molecule has 6 nitrogen and oxygen atoms in total. The van der Waals surface area contributed by atoms with Gasteiger partial charge in [0.2, 0.25) is 0 Å². The minimum Gasteiger partial charge on any atom is -0.468 e. The molecule has 0 heterocycles. The topological polar surface area (TPSA) is 76.7 Å². The molecule has 116 valence electrons. The van der Waals surface area contributed by atoms with Crippen LogP contribution in [-0.2, 0) is 14.3 Å². The van der Waals surface area contributed by atoms with Gasteiger partial charge in [0.15, 0.2) is 0 Å². The fourth-order valence-electron chi connectivity index (χ4n) is 2.13. The summed E-state index contributed by atoms with van der Waals surface area (Å²) in [7, 11) is 1.39. The zero-order chi connectivity index (χ0) is 15.3. The van der Waals surface area contributed by atoms with Crippen LogP contribution in [0.15, 0.2) is 0 Å². The number of rotatable bonds is 5. The van der Waals surface area contributed by atoms with Crippen molar-refractivity contribution in [3.05, 3.63) is 0 Å². The Hall–Kier alpha value is -1.30. The summed E-state index contributed by atoms with van der Waals surface area (Å²) < 4.78 is 9.92. The summed E-state index contributed by atoms with van der Waals surface area (Å²) in [5, 5.41) is 6.06. The molecule has 0 saturated heterocycles. The molecule has 1 fully saturated rings. The second kappa shape index (κ2) is 6.92. The maximum atomic E-state index is 11.6. The molecule has 1 rings (SSSR count). The van der Waals surface area contributed by atoms with Gasteiger partial charge in [-0.25, -0.2) is 4.79 Å². The summed E-state index contributed by atoms with van der Waals surface area (Å²) in [6.07, 6.45) is 1.90. The Kier molecular flexibility index (Phi) is 5.80. The number of hydrogen-bond acceptors (Lipinski definition) is 5. The Morgan fingerprint density at radius 2 is 1.85 bits per heavy atom. The SMILES string of the molecule is CCC(NC1CC(NC(=O)OC(C)(C)C)C1)C(=O)OC. The van der Waals surface area contributed by atoms with Crippen molar-refractivity contribution in [3.63, 3.8) is 0 Å². The molecule has 0 spiro atoms. The first-order valence-electron chi connectivity index (χ1n) is 7.08. The predicted molar refractivity (Wildman–Crippen MR) is 75.4 cm³/mol. The van der Waals surface area contributed by atoms with E-state index in [4.69, 9.17) is 9.47 Å². The number of methoxy groups -OCH3 is 1. The lowest BCUT2D eigenvalue weighted by Crippen LogP contribution is -2.56. The van der Waals surface area contributed by atoms with E-state index in [1.54, 1.807) is 0 Å². The first-order chi connectivity index (χ1) is 9.25. The van der Waals surface area contributed by atoms with Crippen molar-refractivity contribution in [3.8, 4) is 0 Å². The number of nitrogens with one attached hydrogen (secondary N) is 2. The van der Waals surface area contributed by atoms with Crippen molar-refractivity contribution in [2.75, 3.05) is 7.11 Å². The summed E-state index contributed by atoms with van der Waals surface area (Å²) in [5.74, 6) is -0.240.